The van der Waals surface area contributed by atoms with Crippen LogP contribution in [0.2, 0.25) is 0 Å². The maximum absolute atomic E-state index is 4.21. The molecule has 0 bridgehead atoms. The van der Waals surface area contributed by atoms with Gasteiger partial charge in [-0.05, 0) is 41.7 Å². The first-order valence-electron chi connectivity index (χ1n) is 5.91. The highest BCUT2D eigenvalue weighted by atomic mass is 32.1. The molecule has 1 aromatic carbocycles. The highest BCUT2D eigenvalue weighted by molar-refractivity contribution is 7.80. The molecule has 0 fully saturated rings. The van der Waals surface area contributed by atoms with E-state index in [1.165, 1.54) is 16.8 Å². The first-order valence-corrected chi connectivity index (χ1v) is 6.54. The van der Waals surface area contributed by atoms with Crippen LogP contribution in [0.15, 0.2) is 18.2 Å². The summed E-state index contributed by atoms with van der Waals surface area (Å²) in [7, 11) is 0. The number of anilines is 1. The average molecular weight is 237 g/mol. The van der Waals surface area contributed by atoms with Crippen molar-refractivity contribution in [2.45, 2.75) is 39.5 Å². The highest BCUT2D eigenvalue weighted by Gasteiger charge is 2.14. The molecule has 1 aromatic rings. The van der Waals surface area contributed by atoms with E-state index in [0.29, 0.717) is 0 Å². The molecule has 1 rings (SSSR count). The number of nitrogens with one attached hydrogen (secondary N) is 1. The zero-order chi connectivity index (χ0) is 12.2. The molecular formula is C14H23NS. The summed E-state index contributed by atoms with van der Waals surface area (Å²) >= 11 is 4.21. The van der Waals surface area contributed by atoms with Gasteiger partial charge in [-0.2, -0.15) is 12.6 Å². The normalized spacial score (nSPS) is 11.6. The van der Waals surface area contributed by atoms with Crippen LogP contribution in [0, 0.1) is 6.92 Å². The van der Waals surface area contributed by atoms with Crippen molar-refractivity contribution in [3.8, 4) is 0 Å². The molecule has 1 nitrogen and oxygen atoms in total. The first-order chi connectivity index (χ1) is 7.45. The van der Waals surface area contributed by atoms with Gasteiger partial charge in [-0.1, -0.05) is 32.9 Å². The minimum Gasteiger partial charge on any atom is -0.385 e. The summed E-state index contributed by atoms with van der Waals surface area (Å²) in [6.45, 7) is 9.90. The summed E-state index contributed by atoms with van der Waals surface area (Å²) in [5.74, 6) is 0.937. The monoisotopic (exact) mass is 237 g/mol. The Balaban J connectivity index is 2.76. The van der Waals surface area contributed by atoms with Crippen LogP contribution in [0.5, 0.6) is 0 Å². The molecule has 0 aliphatic heterocycles. The average Bonchev–Trinajstić information content (AvgIpc) is 2.19. The van der Waals surface area contributed by atoms with Crippen LogP contribution < -0.4 is 5.32 Å². The summed E-state index contributed by atoms with van der Waals surface area (Å²) in [6.07, 6.45) is 1.10. The zero-order valence-electron chi connectivity index (χ0n) is 10.8. The SMILES string of the molecule is Cc1cc(C(C)(C)C)ccc1NCCCS. The Morgan fingerprint density at radius 1 is 1.25 bits per heavy atom. The second-order valence-corrected chi connectivity index (χ2v) is 5.73. The van der Waals surface area contributed by atoms with Gasteiger partial charge < -0.3 is 5.32 Å². The molecule has 0 saturated carbocycles. The second kappa shape index (κ2) is 5.62. The number of rotatable bonds is 4. The van der Waals surface area contributed by atoms with Crippen molar-refractivity contribution in [1.29, 1.82) is 0 Å². The van der Waals surface area contributed by atoms with Gasteiger partial charge in [0, 0.05) is 12.2 Å². The minimum atomic E-state index is 0.231. The quantitative estimate of drug-likeness (QED) is 0.595. The maximum atomic E-state index is 4.21. The number of aryl methyl sites for hydroxylation is 1. The van der Waals surface area contributed by atoms with Gasteiger partial charge in [0.25, 0.3) is 0 Å². The first kappa shape index (κ1) is 13.4. The van der Waals surface area contributed by atoms with Crippen molar-refractivity contribution in [3.05, 3.63) is 29.3 Å². The van der Waals surface area contributed by atoms with E-state index in [4.69, 9.17) is 0 Å². The van der Waals surface area contributed by atoms with E-state index >= 15 is 0 Å². The second-order valence-electron chi connectivity index (χ2n) is 5.28. The predicted octanol–water partition coefficient (Wildman–Crippen LogP) is 4.02. The Kier molecular flexibility index (Phi) is 4.72. The third-order valence-electron chi connectivity index (χ3n) is 2.74. The fourth-order valence-electron chi connectivity index (χ4n) is 1.63. The lowest BCUT2D eigenvalue weighted by molar-refractivity contribution is 0.590. The smallest absolute Gasteiger partial charge is 0.0370 e. The van der Waals surface area contributed by atoms with Gasteiger partial charge in [0.15, 0.2) is 0 Å². The highest BCUT2D eigenvalue weighted by Crippen LogP contribution is 2.26. The summed E-state index contributed by atoms with van der Waals surface area (Å²) in [5, 5.41) is 3.44. The van der Waals surface area contributed by atoms with Gasteiger partial charge in [0.05, 0.1) is 0 Å². The molecular weight excluding hydrogens is 214 g/mol. The fraction of sp³-hybridized carbons (Fsp3) is 0.571. The molecule has 0 amide bonds. The molecule has 0 atom stereocenters. The van der Waals surface area contributed by atoms with Crippen LogP contribution in [0.3, 0.4) is 0 Å². The van der Waals surface area contributed by atoms with Crippen LogP contribution >= 0.6 is 12.6 Å². The van der Waals surface area contributed by atoms with Crippen molar-refractivity contribution in [1.82, 2.24) is 0 Å². The standard InChI is InChI=1S/C14H23NS/c1-11-10-12(14(2,3)4)6-7-13(11)15-8-5-9-16/h6-7,10,15-16H,5,8-9H2,1-4H3. The van der Waals surface area contributed by atoms with E-state index in [2.05, 4.69) is 63.8 Å². The number of thiol groups is 1. The van der Waals surface area contributed by atoms with Gasteiger partial charge >= 0.3 is 0 Å². The van der Waals surface area contributed by atoms with Crippen molar-refractivity contribution in [3.63, 3.8) is 0 Å². The molecule has 0 spiro atoms. The molecule has 0 aromatic heterocycles. The van der Waals surface area contributed by atoms with E-state index in [1.54, 1.807) is 0 Å². The van der Waals surface area contributed by atoms with Gasteiger partial charge in [0.2, 0.25) is 0 Å². The summed E-state index contributed by atoms with van der Waals surface area (Å²) in [6, 6.07) is 6.69. The number of benzene rings is 1. The largest absolute Gasteiger partial charge is 0.385 e. The Hall–Kier alpha value is -0.630. The molecule has 2 heteroatoms. The molecule has 90 valence electrons. The van der Waals surface area contributed by atoms with E-state index in [-0.39, 0.29) is 5.41 Å². The Morgan fingerprint density at radius 3 is 2.44 bits per heavy atom. The lowest BCUT2D eigenvalue weighted by Crippen LogP contribution is -2.12. The topological polar surface area (TPSA) is 12.0 Å². The van der Waals surface area contributed by atoms with E-state index in [9.17, 15) is 0 Å². The lowest BCUT2D eigenvalue weighted by Gasteiger charge is -2.21. The van der Waals surface area contributed by atoms with Gasteiger partial charge in [-0.25, -0.2) is 0 Å². The zero-order valence-corrected chi connectivity index (χ0v) is 11.7. The Bertz CT molecular complexity index is 339. The van der Waals surface area contributed by atoms with E-state index < -0.39 is 0 Å². The summed E-state index contributed by atoms with van der Waals surface area (Å²) < 4.78 is 0. The van der Waals surface area contributed by atoms with Gasteiger partial charge in [-0.3, -0.25) is 0 Å². The fourth-order valence-corrected chi connectivity index (χ4v) is 1.79. The molecule has 16 heavy (non-hydrogen) atoms. The van der Waals surface area contributed by atoms with Crippen LogP contribution in [0.25, 0.3) is 0 Å². The summed E-state index contributed by atoms with van der Waals surface area (Å²) in [5.41, 5.74) is 4.19. The predicted molar refractivity (Wildman–Crippen MR) is 76.8 cm³/mol. The maximum Gasteiger partial charge on any atom is 0.0370 e. The number of hydrogen-bond donors (Lipinski definition) is 2. The third kappa shape index (κ3) is 3.75. The molecule has 0 aliphatic rings. The number of hydrogen-bond acceptors (Lipinski definition) is 2. The van der Waals surface area contributed by atoms with Crippen molar-refractivity contribution in [2.24, 2.45) is 0 Å². The molecule has 0 aliphatic carbocycles. The lowest BCUT2D eigenvalue weighted by atomic mass is 9.86. The van der Waals surface area contributed by atoms with Crippen molar-refractivity contribution in [2.75, 3.05) is 17.6 Å². The van der Waals surface area contributed by atoms with E-state index in [0.717, 1.165) is 18.7 Å². The molecule has 0 unspecified atom stereocenters. The minimum absolute atomic E-state index is 0.231. The van der Waals surface area contributed by atoms with Gasteiger partial charge in [-0.15, -0.1) is 0 Å². The third-order valence-corrected chi connectivity index (χ3v) is 3.06. The molecule has 1 N–H and O–H groups in total. The molecule has 0 saturated heterocycles. The van der Waals surface area contributed by atoms with Crippen LogP contribution in [-0.2, 0) is 5.41 Å². The van der Waals surface area contributed by atoms with E-state index in [1.807, 2.05) is 0 Å². The van der Waals surface area contributed by atoms with Crippen LogP contribution in [0.4, 0.5) is 5.69 Å². The Morgan fingerprint density at radius 2 is 1.94 bits per heavy atom. The molecule has 0 heterocycles. The van der Waals surface area contributed by atoms with Crippen molar-refractivity contribution >= 4 is 18.3 Å². The molecule has 0 radical (unpaired) electrons. The van der Waals surface area contributed by atoms with Crippen molar-refractivity contribution < 1.29 is 0 Å². The summed E-state index contributed by atoms with van der Waals surface area (Å²) in [4.78, 5) is 0. The van der Waals surface area contributed by atoms with Crippen LogP contribution in [-0.4, -0.2) is 12.3 Å². The Labute approximate surface area is 105 Å². The van der Waals surface area contributed by atoms with Crippen LogP contribution in [0.1, 0.15) is 38.3 Å². The van der Waals surface area contributed by atoms with Gasteiger partial charge in [0.1, 0.15) is 0 Å².